The van der Waals surface area contributed by atoms with E-state index >= 15 is 0 Å². The minimum Gasteiger partial charge on any atom is -0.453 e. The van der Waals surface area contributed by atoms with E-state index in [4.69, 9.17) is 0 Å². The third-order valence-corrected chi connectivity index (χ3v) is 2.16. The number of ether oxygens (including phenoxy) is 1. The van der Waals surface area contributed by atoms with Crippen LogP contribution in [0.2, 0.25) is 0 Å². The van der Waals surface area contributed by atoms with Crippen LogP contribution in [0.25, 0.3) is 0 Å². The number of amides is 1. The van der Waals surface area contributed by atoms with Gasteiger partial charge in [-0.05, 0) is 0 Å². The maximum atomic E-state index is 10.9. The smallest absolute Gasteiger partial charge is 0.410 e. The Hall–Kier alpha value is -0.770. The normalized spacial score (nSPS) is 35.5. The van der Waals surface area contributed by atoms with Crippen molar-refractivity contribution in [2.24, 2.45) is 0 Å². The predicted octanol–water partition coefficient (Wildman–Crippen LogP) is -0.591. The highest BCUT2D eigenvalue weighted by molar-refractivity contribution is 5.72. The molecule has 0 spiro atoms. The van der Waals surface area contributed by atoms with Gasteiger partial charge < -0.3 is 10.1 Å². The lowest BCUT2D eigenvalue weighted by molar-refractivity contribution is 0.148. The minimum absolute atomic E-state index is 0.184. The maximum absolute atomic E-state index is 10.9. The summed E-state index contributed by atoms with van der Waals surface area (Å²) in [5.74, 6) is 0. The summed E-state index contributed by atoms with van der Waals surface area (Å²) < 4.78 is 4.57. The summed E-state index contributed by atoms with van der Waals surface area (Å²) in [6.07, 6.45) is -0.184. The van der Waals surface area contributed by atoms with Crippen LogP contribution in [0.3, 0.4) is 0 Å². The van der Waals surface area contributed by atoms with E-state index in [1.807, 2.05) is 0 Å². The van der Waals surface area contributed by atoms with Crippen molar-refractivity contribution in [2.75, 3.05) is 20.2 Å². The van der Waals surface area contributed by atoms with Gasteiger partial charge in [0, 0.05) is 13.1 Å². The fourth-order valence-corrected chi connectivity index (χ4v) is 1.56. The molecule has 1 N–H and O–H groups in total. The monoisotopic (exact) mass is 142 g/mol. The van der Waals surface area contributed by atoms with Gasteiger partial charge in [0.25, 0.3) is 0 Å². The van der Waals surface area contributed by atoms with Gasteiger partial charge in [0.2, 0.25) is 0 Å². The van der Waals surface area contributed by atoms with E-state index in [1.165, 1.54) is 7.11 Å². The highest BCUT2D eigenvalue weighted by atomic mass is 16.5. The summed E-state index contributed by atoms with van der Waals surface area (Å²) >= 11 is 0. The third kappa shape index (κ3) is 0.623. The van der Waals surface area contributed by atoms with Gasteiger partial charge in [0.05, 0.1) is 19.2 Å². The Morgan fingerprint density at radius 1 is 1.60 bits per heavy atom. The van der Waals surface area contributed by atoms with Crippen molar-refractivity contribution in [1.82, 2.24) is 10.2 Å². The van der Waals surface area contributed by atoms with Crippen LogP contribution in [0.4, 0.5) is 4.79 Å². The predicted molar refractivity (Wildman–Crippen MR) is 34.7 cm³/mol. The molecule has 56 valence electrons. The molecule has 0 saturated carbocycles. The SMILES string of the molecule is COC(=O)N1[C@@H]2CNC[C@H]21. The zero-order chi connectivity index (χ0) is 7.14. The molecular formula is C6H10N2O2. The second kappa shape index (κ2) is 1.85. The Kier molecular flexibility index (Phi) is 1.11. The molecule has 0 aromatic rings. The van der Waals surface area contributed by atoms with Crippen molar-refractivity contribution in [3.8, 4) is 0 Å². The Balaban J connectivity index is 1.94. The average molecular weight is 142 g/mol. The van der Waals surface area contributed by atoms with Crippen LogP contribution in [-0.4, -0.2) is 43.3 Å². The molecule has 0 aliphatic carbocycles. The first kappa shape index (κ1) is 5.97. The fourth-order valence-electron chi connectivity index (χ4n) is 1.56. The number of rotatable bonds is 0. The first-order valence-corrected chi connectivity index (χ1v) is 3.41. The molecule has 0 radical (unpaired) electrons. The molecule has 2 heterocycles. The summed E-state index contributed by atoms with van der Waals surface area (Å²) in [4.78, 5) is 12.6. The molecule has 1 amide bonds. The summed E-state index contributed by atoms with van der Waals surface area (Å²) in [5, 5.41) is 3.18. The largest absolute Gasteiger partial charge is 0.453 e. The molecule has 0 unspecified atom stereocenters. The van der Waals surface area contributed by atoms with Crippen LogP contribution in [0.1, 0.15) is 0 Å². The molecule has 0 aromatic carbocycles. The number of carbonyl (C=O) groups is 1. The van der Waals surface area contributed by atoms with Gasteiger partial charge >= 0.3 is 6.09 Å². The number of hydrogen-bond donors (Lipinski definition) is 1. The molecular weight excluding hydrogens is 132 g/mol. The maximum Gasteiger partial charge on any atom is 0.410 e. The average Bonchev–Trinajstić information content (AvgIpc) is 2.43. The molecule has 2 saturated heterocycles. The van der Waals surface area contributed by atoms with E-state index < -0.39 is 0 Å². The summed E-state index contributed by atoms with van der Waals surface area (Å²) in [6.45, 7) is 1.86. The molecule has 0 aromatic heterocycles. The van der Waals surface area contributed by atoms with Crippen LogP contribution in [0.5, 0.6) is 0 Å². The standard InChI is InChI=1S/C6H10N2O2/c1-10-6(9)8-4-2-7-3-5(4)8/h4-5,7H,2-3H2,1H3/t4-,5-/m1/s1. The second-order valence-corrected chi connectivity index (χ2v) is 2.67. The molecule has 4 nitrogen and oxygen atoms in total. The fraction of sp³-hybridized carbons (Fsp3) is 0.833. The highest BCUT2D eigenvalue weighted by Gasteiger charge is 2.54. The Labute approximate surface area is 59.1 Å². The van der Waals surface area contributed by atoms with E-state index in [0.29, 0.717) is 12.1 Å². The van der Waals surface area contributed by atoms with E-state index in [9.17, 15) is 4.79 Å². The van der Waals surface area contributed by atoms with Crippen molar-refractivity contribution in [1.29, 1.82) is 0 Å². The van der Waals surface area contributed by atoms with Crippen molar-refractivity contribution < 1.29 is 9.53 Å². The lowest BCUT2D eigenvalue weighted by Gasteiger charge is -2.05. The Morgan fingerprint density at radius 2 is 2.20 bits per heavy atom. The lowest BCUT2D eigenvalue weighted by atomic mass is 10.4. The summed E-state index contributed by atoms with van der Waals surface area (Å²) in [5.41, 5.74) is 0. The van der Waals surface area contributed by atoms with E-state index in [1.54, 1.807) is 4.90 Å². The first-order chi connectivity index (χ1) is 4.84. The van der Waals surface area contributed by atoms with Gasteiger partial charge in [-0.25, -0.2) is 4.79 Å². The van der Waals surface area contributed by atoms with Crippen molar-refractivity contribution in [3.05, 3.63) is 0 Å². The molecule has 2 rings (SSSR count). The number of fused-ring (bicyclic) bond motifs is 1. The van der Waals surface area contributed by atoms with Gasteiger partial charge in [0.15, 0.2) is 0 Å². The van der Waals surface area contributed by atoms with Crippen LogP contribution in [0.15, 0.2) is 0 Å². The molecule has 4 heteroatoms. The zero-order valence-electron chi connectivity index (χ0n) is 5.83. The Morgan fingerprint density at radius 3 is 2.70 bits per heavy atom. The molecule has 2 atom stereocenters. The molecule has 0 bridgehead atoms. The van der Waals surface area contributed by atoms with Crippen LogP contribution >= 0.6 is 0 Å². The van der Waals surface area contributed by atoms with Gasteiger partial charge in [0.1, 0.15) is 0 Å². The van der Waals surface area contributed by atoms with Crippen LogP contribution in [0, 0.1) is 0 Å². The molecule has 2 aliphatic rings. The number of nitrogens with one attached hydrogen (secondary N) is 1. The number of nitrogens with zero attached hydrogens (tertiary/aromatic N) is 1. The summed E-state index contributed by atoms with van der Waals surface area (Å²) in [7, 11) is 1.42. The first-order valence-electron chi connectivity index (χ1n) is 3.41. The Bertz CT molecular complexity index is 161. The van der Waals surface area contributed by atoms with Gasteiger partial charge in [-0.2, -0.15) is 0 Å². The summed E-state index contributed by atoms with van der Waals surface area (Å²) in [6, 6.07) is 0.847. The zero-order valence-corrected chi connectivity index (χ0v) is 5.83. The molecule has 2 fully saturated rings. The lowest BCUT2D eigenvalue weighted by Crippen LogP contribution is -2.26. The van der Waals surface area contributed by atoms with E-state index in [0.717, 1.165) is 13.1 Å². The minimum atomic E-state index is -0.184. The highest BCUT2D eigenvalue weighted by Crippen LogP contribution is 2.31. The number of piperazine rings is 1. The van der Waals surface area contributed by atoms with E-state index in [2.05, 4.69) is 10.1 Å². The molecule has 2 aliphatic heterocycles. The quantitative estimate of drug-likeness (QED) is 0.459. The number of hydrogen-bond acceptors (Lipinski definition) is 3. The van der Waals surface area contributed by atoms with Gasteiger partial charge in [-0.3, -0.25) is 4.90 Å². The second-order valence-electron chi connectivity index (χ2n) is 2.67. The number of carbonyl (C=O) groups excluding carboxylic acids is 1. The number of methoxy groups -OCH3 is 1. The van der Waals surface area contributed by atoms with Crippen LogP contribution < -0.4 is 5.32 Å². The van der Waals surface area contributed by atoms with Crippen molar-refractivity contribution in [3.63, 3.8) is 0 Å². The van der Waals surface area contributed by atoms with Gasteiger partial charge in [-0.1, -0.05) is 0 Å². The molecule has 10 heavy (non-hydrogen) atoms. The van der Waals surface area contributed by atoms with Gasteiger partial charge in [-0.15, -0.1) is 0 Å². The topological polar surface area (TPSA) is 41.3 Å². The van der Waals surface area contributed by atoms with Crippen molar-refractivity contribution in [2.45, 2.75) is 12.1 Å². The van der Waals surface area contributed by atoms with Crippen molar-refractivity contribution >= 4 is 6.09 Å². The van der Waals surface area contributed by atoms with E-state index in [-0.39, 0.29) is 6.09 Å². The third-order valence-electron chi connectivity index (χ3n) is 2.16. The van der Waals surface area contributed by atoms with Crippen LogP contribution in [-0.2, 0) is 4.74 Å².